The third kappa shape index (κ3) is 4.16. The van der Waals surface area contributed by atoms with Gasteiger partial charge in [0.2, 0.25) is 5.91 Å². The Morgan fingerprint density at radius 3 is 2.91 bits per heavy atom. The molecule has 0 radical (unpaired) electrons. The molecule has 1 aliphatic rings. The van der Waals surface area contributed by atoms with Gasteiger partial charge >= 0.3 is 0 Å². The Balaban J connectivity index is 1.38. The molecule has 0 bridgehead atoms. The van der Waals surface area contributed by atoms with E-state index in [2.05, 4.69) is 15.3 Å². The van der Waals surface area contributed by atoms with Crippen LogP contribution in [0.15, 0.2) is 48.5 Å². The molecular formula is C24H24FN5O2S. The summed E-state index contributed by atoms with van der Waals surface area (Å²) in [5.74, 6) is 0.148. The highest BCUT2D eigenvalue weighted by Crippen LogP contribution is 2.35. The van der Waals surface area contributed by atoms with E-state index >= 15 is 0 Å². The van der Waals surface area contributed by atoms with Crippen molar-refractivity contribution in [1.82, 2.24) is 14.8 Å². The first kappa shape index (κ1) is 21.4. The number of piperidine rings is 1. The van der Waals surface area contributed by atoms with Crippen molar-refractivity contribution in [3.63, 3.8) is 0 Å². The number of hydrogen-bond donors (Lipinski definition) is 1. The number of hydrogen-bond acceptors (Lipinski definition) is 6. The van der Waals surface area contributed by atoms with Gasteiger partial charge in [-0.3, -0.25) is 4.79 Å². The highest BCUT2D eigenvalue weighted by Gasteiger charge is 2.29. The van der Waals surface area contributed by atoms with Gasteiger partial charge in [-0.2, -0.15) is 10.1 Å². The Morgan fingerprint density at radius 2 is 2.09 bits per heavy atom. The van der Waals surface area contributed by atoms with Crippen LogP contribution in [0.3, 0.4) is 0 Å². The largest absolute Gasteiger partial charge is 0.495 e. The van der Waals surface area contributed by atoms with E-state index in [1.807, 2.05) is 37.3 Å². The number of thiazole rings is 1. The summed E-state index contributed by atoms with van der Waals surface area (Å²) in [6.45, 7) is 3.35. The van der Waals surface area contributed by atoms with Crippen molar-refractivity contribution in [2.75, 3.05) is 30.4 Å². The summed E-state index contributed by atoms with van der Waals surface area (Å²) in [6, 6.07) is 13.7. The van der Waals surface area contributed by atoms with Crippen LogP contribution in [0.2, 0.25) is 0 Å². The maximum Gasteiger partial charge on any atom is 0.229 e. The van der Waals surface area contributed by atoms with Crippen molar-refractivity contribution >= 4 is 38.4 Å². The van der Waals surface area contributed by atoms with Crippen LogP contribution in [0.1, 0.15) is 18.5 Å². The van der Waals surface area contributed by atoms with Gasteiger partial charge < -0.3 is 15.0 Å². The normalized spacial score (nSPS) is 16.2. The molecule has 33 heavy (non-hydrogen) atoms. The minimum absolute atomic E-state index is 0.0209. The number of aryl methyl sites for hydroxylation is 1. The number of anilines is 2. The molecule has 1 atom stereocenters. The lowest BCUT2D eigenvalue weighted by atomic mass is 9.97. The van der Waals surface area contributed by atoms with Crippen molar-refractivity contribution in [1.29, 1.82) is 0 Å². The summed E-state index contributed by atoms with van der Waals surface area (Å²) in [5, 5.41) is 8.42. The van der Waals surface area contributed by atoms with Crippen LogP contribution in [0, 0.1) is 18.7 Å². The van der Waals surface area contributed by atoms with E-state index in [9.17, 15) is 9.18 Å². The number of aromatic nitrogens is 3. The summed E-state index contributed by atoms with van der Waals surface area (Å²) in [5.41, 5.74) is 2.87. The molecule has 7 nitrogen and oxygen atoms in total. The number of carbonyl (C=O) groups excluding carboxylic acids is 1. The van der Waals surface area contributed by atoms with Gasteiger partial charge in [0.05, 0.1) is 34.8 Å². The van der Waals surface area contributed by atoms with Gasteiger partial charge in [-0.15, -0.1) is 0 Å². The van der Waals surface area contributed by atoms with Crippen molar-refractivity contribution in [2.45, 2.75) is 19.8 Å². The molecule has 0 saturated carbocycles. The number of nitrogens with one attached hydrogen (secondary N) is 1. The summed E-state index contributed by atoms with van der Waals surface area (Å²) < 4.78 is 21.8. The molecule has 1 N–H and O–H groups in total. The fraction of sp³-hybridized carbons (Fsp3) is 0.292. The van der Waals surface area contributed by atoms with Crippen LogP contribution < -0.4 is 15.0 Å². The number of nitrogens with zero attached hydrogens (tertiary/aromatic N) is 4. The van der Waals surface area contributed by atoms with E-state index in [1.54, 1.807) is 29.2 Å². The molecule has 170 valence electrons. The third-order valence-electron chi connectivity index (χ3n) is 5.86. The minimum Gasteiger partial charge on any atom is -0.495 e. The molecule has 1 unspecified atom stereocenters. The Kier molecular flexibility index (Phi) is 5.72. The fourth-order valence-corrected chi connectivity index (χ4v) is 5.22. The second-order valence-electron chi connectivity index (χ2n) is 8.10. The number of ether oxygens (including phenoxy) is 1. The molecule has 9 heteroatoms. The lowest BCUT2D eigenvalue weighted by Gasteiger charge is -2.31. The zero-order valence-electron chi connectivity index (χ0n) is 18.4. The first-order valence-electron chi connectivity index (χ1n) is 10.8. The summed E-state index contributed by atoms with van der Waals surface area (Å²) in [6.07, 6.45) is 1.72. The molecule has 4 aromatic rings. The number of rotatable bonds is 5. The number of carbonyl (C=O) groups is 1. The second kappa shape index (κ2) is 8.82. The van der Waals surface area contributed by atoms with Crippen molar-refractivity contribution in [3.8, 4) is 11.4 Å². The predicted molar refractivity (Wildman–Crippen MR) is 128 cm³/mol. The molecular weight excluding hydrogens is 441 g/mol. The average molecular weight is 466 g/mol. The highest BCUT2D eigenvalue weighted by molar-refractivity contribution is 7.22. The first-order valence-corrected chi connectivity index (χ1v) is 11.7. The molecule has 2 aromatic heterocycles. The molecule has 3 heterocycles. The Morgan fingerprint density at radius 1 is 1.24 bits per heavy atom. The van der Waals surface area contributed by atoms with Crippen LogP contribution >= 0.6 is 11.3 Å². The number of para-hydroxylation sites is 2. The van der Waals surface area contributed by atoms with Crippen molar-refractivity contribution in [2.24, 2.45) is 5.92 Å². The lowest BCUT2D eigenvalue weighted by Crippen LogP contribution is -2.40. The van der Waals surface area contributed by atoms with E-state index in [0.29, 0.717) is 29.3 Å². The van der Waals surface area contributed by atoms with Gasteiger partial charge in [0, 0.05) is 13.1 Å². The molecule has 1 saturated heterocycles. The molecule has 1 aliphatic heterocycles. The number of amides is 1. The van der Waals surface area contributed by atoms with E-state index < -0.39 is 0 Å². The zero-order valence-corrected chi connectivity index (χ0v) is 19.2. The van der Waals surface area contributed by atoms with Crippen LogP contribution in [-0.2, 0) is 4.79 Å². The lowest BCUT2D eigenvalue weighted by molar-refractivity contribution is -0.120. The summed E-state index contributed by atoms with van der Waals surface area (Å²) in [4.78, 5) is 20.0. The zero-order chi connectivity index (χ0) is 22.9. The minimum atomic E-state index is -0.316. The van der Waals surface area contributed by atoms with Gasteiger partial charge in [0.1, 0.15) is 11.6 Å². The fourth-order valence-electron chi connectivity index (χ4n) is 4.19. The molecule has 1 amide bonds. The number of methoxy groups -OCH3 is 1. The van der Waals surface area contributed by atoms with Crippen LogP contribution in [0.25, 0.3) is 16.0 Å². The standard InChI is InChI=1S/C24H24FN5O2S/c1-15-21-22(30(28-15)18-9-5-8-17(25)13-18)27-24(33-21)29-12-6-7-16(14-29)23(31)26-19-10-3-4-11-20(19)32-2/h3-5,8-11,13,16H,6-7,12,14H2,1-2H3,(H,26,31). The Hall–Kier alpha value is -3.46. The summed E-state index contributed by atoms with van der Waals surface area (Å²) >= 11 is 1.56. The third-order valence-corrected chi connectivity index (χ3v) is 7.07. The van der Waals surface area contributed by atoms with E-state index in [1.165, 1.54) is 12.1 Å². The first-order chi connectivity index (χ1) is 16.0. The van der Waals surface area contributed by atoms with Crippen molar-refractivity contribution in [3.05, 3.63) is 60.0 Å². The van der Waals surface area contributed by atoms with Crippen LogP contribution in [0.4, 0.5) is 15.2 Å². The van der Waals surface area contributed by atoms with Gasteiger partial charge in [0.25, 0.3) is 0 Å². The van der Waals surface area contributed by atoms with Gasteiger partial charge in [-0.25, -0.2) is 9.07 Å². The van der Waals surface area contributed by atoms with Gasteiger partial charge in [-0.05, 0) is 50.1 Å². The summed E-state index contributed by atoms with van der Waals surface area (Å²) in [7, 11) is 1.59. The number of fused-ring (bicyclic) bond motifs is 1. The monoisotopic (exact) mass is 465 g/mol. The Labute approximate surface area is 194 Å². The van der Waals surface area contributed by atoms with E-state index in [0.717, 1.165) is 34.9 Å². The van der Waals surface area contributed by atoms with Crippen LogP contribution in [-0.4, -0.2) is 40.9 Å². The molecule has 2 aromatic carbocycles. The number of benzene rings is 2. The van der Waals surface area contributed by atoms with E-state index in [-0.39, 0.29) is 17.6 Å². The number of halogens is 1. The van der Waals surface area contributed by atoms with Gasteiger partial charge in [-0.1, -0.05) is 29.5 Å². The average Bonchev–Trinajstić information content (AvgIpc) is 3.40. The van der Waals surface area contributed by atoms with Crippen LogP contribution in [0.5, 0.6) is 5.75 Å². The topological polar surface area (TPSA) is 72.3 Å². The second-order valence-corrected chi connectivity index (χ2v) is 9.08. The smallest absolute Gasteiger partial charge is 0.229 e. The highest BCUT2D eigenvalue weighted by atomic mass is 32.1. The van der Waals surface area contributed by atoms with Crippen molar-refractivity contribution < 1.29 is 13.9 Å². The molecule has 0 spiro atoms. The predicted octanol–water partition coefficient (Wildman–Crippen LogP) is 4.79. The maximum atomic E-state index is 13.8. The maximum absolute atomic E-state index is 13.8. The molecule has 0 aliphatic carbocycles. The quantitative estimate of drug-likeness (QED) is 0.459. The Bertz CT molecular complexity index is 1320. The van der Waals surface area contributed by atoms with E-state index in [4.69, 9.17) is 9.72 Å². The SMILES string of the molecule is COc1ccccc1NC(=O)C1CCCN(c2nc3c(s2)c(C)nn3-c2cccc(F)c2)C1. The molecule has 5 rings (SSSR count). The molecule has 1 fully saturated rings. The van der Waals surface area contributed by atoms with Gasteiger partial charge in [0.15, 0.2) is 10.8 Å².